The van der Waals surface area contributed by atoms with Gasteiger partial charge in [0.1, 0.15) is 12.1 Å². The molecule has 0 aliphatic heterocycles. The van der Waals surface area contributed by atoms with Gasteiger partial charge >= 0.3 is 0 Å². The molecule has 27 heavy (non-hydrogen) atoms. The largest absolute Gasteiger partial charge is 0.321 e. The number of benzene rings is 2. The Morgan fingerprint density at radius 2 is 1.81 bits per heavy atom. The van der Waals surface area contributed by atoms with Crippen LogP contribution in [0.2, 0.25) is 0 Å². The van der Waals surface area contributed by atoms with Gasteiger partial charge in [-0.25, -0.2) is 0 Å². The lowest BCUT2D eigenvalue weighted by atomic mass is 10.1. The monoisotopic (exact) mass is 353 g/mol. The molecule has 0 radical (unpaired) electrons. The van der Waals surface area contributed by atoms with Crippen molar-refractivity contribution >= 4 is 22.5 Å². The molecule has 5 heteroatoms. The van der Waals surface area contributed by atoms with Gasteiger partial charge in [0.2, 0.25) is 0 Å². The third-order valence-corrected chi connectivity index (χ3v) is 4.39. The number of allylic oxidation sites excluding steroid dienone is 3. The number of nitrogens with zero attached hydrogens (tertiary/aromatic N) is 5. The van der Waals surface area contributed by atoms with Crippen molar-refractivity contribution in [1.82, 2.24) is 19.6 Å². The fraction of sp³-hybridized carbons (Fsp3) is 0.0455. The van der Waals surface area contributed by atoms with Crippen LogP contribution in [0, 0.1) is 0 Å². The van der Waals surface area contributed by atoms with E-state index in [0.717, 1.165) is 22.4 Å². The molecular formula is C22H19N5. The molecule has 5 nitrogen and oxygen atoms in total. The molecule has 0 saturated carbocycles. The van der Waals surface area contributed by atoms with Crippen molar-refractivity contribution in [3.05, 3.63) is 104 Å². The number of hydrogen-bond donors (Lipinski definition) is 0. The zero-order valence-corrected chi connectivity index (χ0v) is 14.9. The Kier molecular flexibility index (Phi) is 4.49. The summed E-state index contributed by atoms with van der Waals surface area (Å²) in [5.74, 6) is 1.37. The maximum Gasteiger partial charge on any atom is 0.257 e. The Labute approximate surface area is 157 Å². The SMILES string of the molecule is C=C/C=C(\C=C)N(Cc1ccccc1)c1nc2nncn2c2ccccc12. The van der Waals surface area contributed by atoms with Crippen LogP contribution in [-0.4, -0.2) is 19.6 Å². The molecule has 0 N–H and O–H groups in total. The van der Waals surface area contributed by atoms with E-state index in [-0.39, 0.29) is 0 Å². The highest BCUT2D eigenvalue weighted by Crippen LogP contribution is 2.29. The predicted molar refractivity (Wildman–Crippen MR) is 109 cm³/mol. The van der Waals surface area contributed by atoms with E-state index in [1.165, 1.54) is 5.56 Å². The topological polar surface area (TPSA) is 46.3 Å². The van der Waals surface area contributed by atoms with Gasteiger partial charge in [-0.15, -0.1) is 10.2 Å². The van der Waals surface area contributed by atoms with Crippen molar-refractivity contribution in [3.8, 4) is 0 Å². The highest BCUT2D eigenvalue weighted by molar-refractivity contribution is 5.92. The number of hydrogen-bond acceptors (Lipinski definition) is 4. The first-order valence-corrected chi connectivity index (χ1v) is 8.67. The zero-order valence-electron chi connectivity index (χ0n) is 14.9. The van der Waals surface area contributed by atoms with E-state index in [1.54, 1.807) is 12.4 Å². The Morgan fingerprint density at radius 3 is 2.59 bits per heavy atom. The number of anilines is 1. The molecule has 2 aromatic heterocycles. The van der Waals surface area contributed by atoms with Crippen molar-refractivity contribution in [1.29, 1.82) is 0 Å². The second kappa shape index (κ2) is 7.25. The molecule has 0 spiro atoms. The molecule has 0 bridgehead atoms. The zero-order chi connectivity index (χ0) is 18.6. The van der Waals surface area contributed by atoms with Crippen molar-refractivity contribution in [2.24, 2.45) is 0 Å². The van der Waals surface area contributed by atoms with Gasteiger partial charge in [0, 0.05) is 17.6 Å². The lowest BCUT2D eigenvalue weighted by Crippen LogP contribution is -2.23. The summed E-state index contributed by atoms with van der Waals surface area (Å²) in [5, 5.41) is 9.19. The van der Waals surface area contributed by atoms with Crippen molar-refractivity contribution in [2.75, 3.05) is 4.90 Å². The fourth-order valence-corrected chi connectivity index (χ4v) is 3.15. The summed E-state index contributed by atoms with van der Waals surface area (Å²) in [6, 6.07) is 18.4. The molecule has 0 unspecified atom stereocenters. The highest BCUT2D eigenvalue weighted by Gasteiger charge is 2.18. The highest BCUT2D eigenvalue weighted by atomic mass is 15.3. The summed E-state index contributed by atoms with van der Waals surface area (Å²) in [7, 11) is 0. The lowest BCUT2D eigenvalue weighted by Gasteiger charge is -2.26. The molecule has 132 valence electrons. The minimum Gasteiger partial charge on any atom is -0.321 e. The summed E-state index contributed by atoms with van der Waals surface area (Å²) in [4.78, 5) is 6.93. The molecule has 0 aliphatic carbocycles. The predicted octanol–water partition coefficient (Wildman–Crippen LogP) is 4.54. The van der Waals surface area contributed by atoms with Gasteiger partial charge in [0.05, 0.1) is 5.52 Å². The molecular weight excluding hydrogens is 334 g/mol. The van der Waals surface area contributed by atoms with E-state index in [1.807, 2.05) is 53.0 Å². The van der Waals surface area contributed by atoms with E-state index >= 15 is 0 Å². The van der Waals surface area contributed by atoms with Crippen LogP contribution in [0.5, 0.6) is 0 Å². The van der Waals surface area contributed by atoms with Gasteiger partial charge in [-0.05, 0) is 29.8 Å². The summed E-state index contributed by atoms with van der Waals surface area (Å²) in [6.07, 6.45) is 7.19. The third kappa shape index (κ3) is 3.11. The number of rotatable bonds is 6. The Balaban J connectivity index is 1.97. The normalized spacial score (nSPS) is 11.6. The molecule has 0 amide bonds. The smallest absolute Gasteiger partial charge is 0.257 e. The van der Waals surface area contributed by atoms with Crippen LogP contribution in [0.3, 0.4) is 0 Å². The van der Waals surface area contributed by atoms with Gasteiger partial charge in [-0.3, -0.25) is 4.40 Å². The van der Waals surface area contributed by atoms with Gasteiger partial charge < -0.3 is 4.90 Å². The van der Waals surface area contributed by atoms with Crippen LogP contribution in [0.1, 0.15) is 5.56 Å². The molecule has 0 fully saturated rings. The van der Waals surface area contributed by atoms with Crippen LogP contribution in [-0.2, 0) is 6.54 Å². The van der Waals surface area contributed by atoms with Crippen LogP contribution >= 0.6 is 0 Å². The number of aromatic nitrogens is 4. The molecule has 0 atom stereocenters. The van der Waals surface area contributed by atoms with E-state index in [9.17, 15) is 0 Å². The molecule has 0 aliphatic rings. The van der Waals surface area contributed by atoms with Crippen LogP contribution in [0.25, 0.3) is 16.7 Å². The van der Waals surface area contributed by atoms with E-state index in [0.29, 0.717) is 12.3 Å². The molecule has 2 aromatic carbocycles. The van der Waals surface area contributed by atoms with Gasteiger partial charge in [0.15, 0.2) is 0 Å². The number of fused-ring (bicyclic) bond motifs is 3. The number of para-hydroxylation sites is 1. The first-order valence-electron chi connectivity index (χ1n) is 8.67. The van der Waals surface area contributed by atoms with Crippen LogP contribution in [0.15, 0.2) is 98.0 Å². The summed E-state index contributed by atoms with van der Waals surface area (Å²) in [5.41, 5.74) is 3.08. The minimum absolute atomic E-state index is 0.559. The fourth-order valence-electron chi connectivity index (χ4n) is 3.15. The Hall–Kier alpha value is -3.73. The van der Waals surface area contributed by atoms with E-state index < -0.39 is 0 Å². The van der Waals surface area contributed by atoms with Crippen molar-refractivity contribution in [3.63, 3.8) is 0 Å². The molecule has 2 heterocycles. The Morgan fingerprint density at radius 1 is 1.04 bits per heavy atom. The average Bonchev–Trinajstić information content (AvgIpc) is 3.20. The quantitative estimate of drug-likeness (QED) is 0.478. The van der Waals surface area contributed by atoms with E-state index in [2.05, 4.69) is 46.5 Å². The second-order valence-electron chi connectivity index (χ2n) is 6.06. The van der Waals surface area contributed by atoms with Gasteiger partial charge in [-0.2, -0.15) is 4.98 Å². The van der Waals surface area contributed by atoms with Crippen LogP contribution in [0.4, 0.5) is 5.82 Å². The summed E-state index contributed by atoms with van der Waals surface area (Å²) >= 11 is 0. The third-order valence-electron chi connectivity index (χ3n) is 4.39. The standard InChI is InChI=1S/C22H19N5/c1-3-10-18(4-2)26(15-17-11-6-5-7-12-17)21-19-13-8-9-14-20(19)27-16-23-25-22(27)24-21/h3-14,16H,1-2,15H2/b18-10+. The Bertz CT molecular complexity index is 1140. The molecule has 0 saturated heterocycles. The minimum atomic E-state index is 0.559. The summed E-state index contributed by atoms with van der Waals surface area (Å²) in [6.45, 7) is 8.47. The first kappa shape index (κ1) is 16.7. The maximum absolute atomic E-state index is 4.80. The van der Waals surface area contributed by atoms with Gasteiger partial charge in [-0.1, -0.05) is 61.7 Å². The average molecular weight is 353 g/mol. The van der Waals surface area contributed by atoms with Crippen molar-refractivity contribution in [2.45, 2.75) is 6.54 Å². The second-order valence-corrected chi connectivity index (χ2v) is 6.06. The summed E-state index contributed by atoms with van der Waals surface area (Å²) < 4.78 is 1.89. The van der Waals surface area contributed by atoms with E-state index in [4.69, 9.17) is 4.98 Å². The van der Waals surface area contributed by atoms with Crippen molar-refractivity contribution < 1.29 is 0 Å². The first-order chi connectivity index (χ1) is 13.3. The van der Waals surface area contributed by atoms with Gasteiger partial charge in [0.25, 0.3) is 5.78 Å². The lowest BCUT2D eigenvalue weighted by molar-refractivity contribution is 0.912. The molecule has 4 rings (SSSR count). The molecule has 4 aromatic rings. The van der Waals surface area contributed by atoms with Crippen LogP contribution < -0.4 is 4.90 Å². The maximum atomic E-state index is 4.80.